The molecule has 0 aromatic heterocycles. The van der Waals surface area contributed by atoms with Gasteiger partial charge in [-0.2, -0.15) is 0 Å². The molecule has 0 unspecified atom stereocenters. The van der Waals surface area contributed by atoms with Gasteiger partial charge in [0.1, 0.15) is 0 Å². The minimum absolute atomic E-state index is 0. The van der Waals surface area contributed by atoms with Gasteiger partial charge < -0.3 is 35.5 Å². The Labute approximate surface area is 112 Å². The quantitative estimate of drug-likeness (QED) is 0.404. The number of carbonyl (C=O) groups excluding carboxylic acids is 2. The van der Waals surface area contributed by atoms with Crippen LogP contribution in [0.15, 0.2) is 0 Å². The Hall–Kier alpha value is 0.695. The van der Waals surface area contributed by atoms with Crippen LogP contribution >= 0.6 is 0 Å². The first-order chi connectivity index (χ1) is 3.46. The van der Waals surface area contributed by atoms with Gasteiger partial charge in [-0.25, -0.2) is 0 Å². The number of hydrogen-bond donors (Lipinski definition) is 0. The predicted octanol–water partition coefficient (Wildman–Crippen LogP) is -8.71. The van der Waals surface area contributed by atoms with E-state index in [4.69, 9.17) is 30.0 Å². The summed E-state index contributed by atoms with van der Waals surface area (Å²) in [5.74, 6) is 0. The predicted molar refractivity (Wildman–Crippen MR) is 14.4 cm³/mol. The molecule has 0 saturated heterocycles. The summed E-state index contributed by atoms with van der Waals surface area (Å²) in [4.78, 5) is 16.7. The summed E-state index contributed by atoms with van der Waals surface area (Å²) < 4.78 is 0. The average Bonchev–Trinajstić information content (AvgIpc) is 1.25. The largest absolute Gasteiger partial charge is 3.00 e. The number of carbonyl (C=O) groups is 2. The Balaban J connectivity index is -0.0000000171. The molecule has 0 aliphatic rings. The fraction of sp³-hybridized carbons (Fsp3) is 0. The molecule has 0 atom stereocenters. The minimum Gasteiger partial charge on any atom is -0.652 e. The monoisotopic (exact) mass is 300 g/mol. The molecule has 0 aromatic rings. The van der Waals surface area contributed by atoms with Crippen molar-refractivity contribution in [2.45, 2.75) is 0 Å². The minimum atomic E-state index is -2.33. The van der Waals surface area contributed by atoms with Gasteiger partial charge in [-0.05, 0) is 12.3 Å². The molecule has 0 amide bonds. The molecule has 0 saturated carbocycles. The molecule has 0 heterocycles. The first-order valence-corrected chi connectivity index (χ1v) is 1.22. The van der Waals surface area contributed by atoms with Crippen molar-refractivity contribution in [1.82, 2.24) is 0 Å². The normalized spacial score (nSPS) is 4.36. The molecule has 2 N–H and O–H groups in total. The molecule has 0 aliphatic carbocycles. The van der Waals surface area contributed by atoms with Gasteiger partial charge in [-0.1, -0.05) is 0 Å². The van der Waals surface area contributed by atoms with Crippen LogP contribution in [0, 0.1) is 35.6 Å². The van der Waals surface area contributed by atoms with Gasteiger partial charge in [-0.15, -0.1) is 0 Å². The van der Waals surface area contributed by atoms with E-state index in [2.05, 4.69) is 0 Å². The second-order valence-corrected chi connectivity index (χ2v) is 0.500. The molecule has 11 heavy (non-hydrogen) atoms. The van der Waals surface area contributed by atoms with E-state index < -0.39 is 12.3 Å². The molecular formula is C2H2LaNaO7. The number of rotatable bonds is 0. The van der Waals surface area contributed by atoms with Gasteiger partial charge in [0, 0.05) is 0 Å². The topological polar surface area (TPSA) is 158 Å². The summed E-state index contributed by atoms with van der Waals surface area (Å²) in [5.41, 5.74) is 0. The third-order valence-electron chi connectivity index (χ3n) is 0. The number of carboxylic acid groups (broad SMARTS) is 4. The van der Waals surface area contributed by atoms with E-state index in [0.29, 0.717) is 0 Å². The fourth-order valence-corrected chi connectivity index (χ4v) is 0. The maximum Gasteiger partial charge on any atom is 3.00 e. The summed E-state index contributed by atoms with van der Waals surface area (Å²) in [6.45, 7) is 0. The Bertz CT molecular complexity index is 74.4. The molecular weight excluding hydrogens is 298 g/mol. The molecule has 56 valence electrons. The van der Waals surface area contributed by atoms with Crippen LogP contribution in [-0.2, 0) is 0 Å². The Morgan fingerprint density at radius 3 is 0.818 bits per heavy atom. The zero-order valence-corrected chi connectivity index (χ0v) is 11.2. The van der Waals surface area contributed by atoms with E-state index in [0.717, 1.165) is 0 Å². The van der Waals surface area contributed by atoms with Crippen LogP contribution in [0.25, 0.3) is 0 Å². The summed E-state index contributed by atoms with van der Waals surface area (Å²) >= 11 is 0. The molecule has 0 rings (SSSR count). The molecule has 7 nitrogen and oxygen atoms in total. The van der Waals surface area contributed by atoms with Crippen LogP contribution in [0.3, 0.4) is 0 Å². The van der Waals surface area contributed by atoms with Gasteiger partial charge >= 0.3 is 65.2 Å². The molecule has 0 fully saturated rings. The van der Waals surface area contributed by atoms with Crippen molar-refractivity contribution in [3.8, 4) is 0 Å². The molecule has 0 aromatic carbocycles. The van der Waals surface area contributed by atoms with Gasteiger partial charge in [-0.3, -0.25) is 0 Å². The molecule has 0 radical (unpaired) electrons. The van der Waals surface area contributed by atoms with Gasteiger partial charge in [0.05, 0.1) is 0 Å². The second-order valence-electron chi connectivity index (χ2n) is 0.500. The van der Waals surface area contributed by atoms with E-state index in [1.807, 2.05) is 0 Å². The zero-order valence-electron chi connectivity index (χ0n) is 5.53. The van der Waals surface area contributed by atoms with E-state index in [-0.39, 0.29) is 70.6 Å². The third-order valence-corrected chi connectivity index (χ3v) is 0. The Morgan fingerprint density at radius 2 is 0.818 bits per heavy atom. The van der Waals surface area contributed by atoms with Gasteiger partial charge in [0.2, 0.25) is 0 Å². The molecule has 0 bridgehead atoms. The SMILES string of the molecule is O.O=C([O-])[O-].O=C([O-])[O-].[La+3].[Na+]. The number of hydrogen-bond acceptors (Lipinski definition) is 6. The molecule has 0 aliphatic heterocycles. The van der Waals surface area contributed by atoms with Crippen molar-refractivity contribution >= 4 is 12.3 Å². The average molecular weight is 300 g/mol. The standard InChI is InChI=1S/2CH2O3.La.Na.H2O/c2*2-1(3)4;;;/h2*(H2,2,3,4);;;1H2/q;;+3;+1;/p-4. The van der Waals surface area contributed by atoms with Crippen molar-refractivity contribution in [3.63, 3.8) is 0 Å². The van der Waals surface area contributed by atoms with Crippen molar-refractivity contribution in [2.24, 2.45) is 0 Å². The van der Waals surface area contributed by atoms with Crippen LogP contribution in [0.5, 0.6) is 0 Å². The first kappa shape index (κ1) is 29.8. The van der Waals surface area contributed by atoms with E-state index in [9.17, 15) is 0 Å². The zero-order chi connectivity index (χ0) is 7.15. The maximum atomic E-state index is 8.33. The van der Waals surface area contributed by atoms with Crippen LogP contribution in [0.4, 0.5) is 9.59 Å². The smallest absolute Gasteiger partial charge is 0.652 e. The van der Waals surface area contributed by atoms with Crippen molar-refractivity contribution in [1.29, 1.82) is 0 Å². The van der Waals surface area contributed by atoms with Crippen LogP contribution in [-0.4, -0.2) is 17.8 Å². The third kappa shape index (κ3) is 1670. The van der Waals surface area contributed by atoms with Gasteiger partial charge in [0.25, 0.3) is 0 Å². The van der Waals surface area contributed by atoms with Crippen LogP contribution in [0.1, 0.15) is 0 Å². The summed E-state index contributed by atoms with van der Waals surface area (Å²) in [5, 5.41) is 33.3. The summed E-state index contributed by atoms with van der Waals surface area (Å²) in [6.07, 6.45) is -4.67. The van der Waals surface area contributed by atoms with Crippen LogP contribution < -0.4 is 50.0 Å². The summed E-state index contributed by atoms with van der Waals surface area (Å²) in [6, 6.07) is 0. The molecule has 9 heteroatoms. The first-order valence-electron chi connectivity index (χ1n) is 1.22. The summed E-state index contributed by atoms with van der Waals surface area (Å²) in [7, 11) is 0. The maximum absolute atomic E-state index is 8.33. The Kier molecular flexibility index (Phi) is 60.8. The van der Waals surface area contributed by atoms with Crippen LogP contribution in [0.2, 0.25) is 0 Å². The van der Waals surface area contributed by atoms with E-state index >= 15 is 0 Å². The van der Waals surface area contributed by atoms with Gasteiger partial charge in [0.15, 0.2) is 0 Å². The van der Waals surface area contributed by atoms with Crippen molar-refractivity contribution in [2.75, 3.05) is 0 Å². The van der Waals surface area contributed by atoms with Crippen molar-refractivity contribution in [3.05, 3.63) is 0 Å². The van der Waals surface area contributed by atoms with Crippen molar-refractivity contribution < 1.29 is 101 Å². The van der Waals surface area contributed by atoms with E-state index in [1.165, 1.54) is 0 Å². The molecule has 0 spiro atoms. The second kappa shape index (κ2) is 22.4. The van der Waals surface area contributed by atoms with E-state index in [1.54, 1.807) is 0 Å². The Morgan fingerprint density at radius 1 is 0.818 bits per heavy atom. The fourth-order valence-electron chi connectivity index (χ4n) is 0.